The lowest BCUT2D eigenvalue weighted by atomic mass is 10.0. The third-order valence-corrected chi connectivity index (χ3v) is 2.98. The predicted octanol–water partition coefficient (Wildman–Crippen LogP) is 2.95. The molecule has 4 heteroatoms. The normalized spacial score (nSPS) is 61.4. The van der Waals surface area contributed by atoms with Gasteiger partial charge in [-0.25, -0.2) is 4.79 Å². The first-order valence-electron chi connectivity index (χ1n) is 14.4. The van der Waals surface area contributed by atoms with Crippen molar-refractivity contribution in [3.63, 3.8) is 0 Å². The number of fused-ring (bicyclic) bond motifs is 3. The van der Waals surface area contributed by atoms with E-state index in [-0.39, 0.29) is 10.9 Å². The van der Waals surface area contributed by atoms with Gasteiger partial charge in [0, 0.05) is 59.7 Å². The van der Waals surface area contributed by atoms with E-state index in [1.54, 1.807) is 0 Å². The largest absolute Gasteiger partial charge is 0.459 e. The maximum Gasteiger partial charge on any atom is 0.340 e. The van der Waals surface area contributed by atoms with Crippen molar-refractivity contribution in [1.29, 1.82) is 0 Å². The highest BCUT2D eigenvalue weighted by Gasteiger charge is 2.40. The summed E-state index contributed by atoms with van der Waals surface area (Å²) in [7, 11) is 0. The summed E-state index contributed by atoms with van der Waals surface area (Å²) in [6.45, 7) is -3.83. The first-order valence-corrected chi connectivity index (χ1v) is 5.94. The number of benzene rings is 1. The summed E-state index contributed by atoms with van der Waals surface area (Å²) in [5, 5.41) is -0.382. The molecule has 2 aromatic rings. The van der Waals surface area contributed by atoms with Crippen molar-refractivity contribution in [2.75, 3.05) is 6.98 Å². The van der Waals surface area contributed by atoms with E-state index in [4.69, 9.17) is 28.0 Å². The lowest BCUT2D eigenvalue weighted by Gasteiger charge is -2.35. The molecule has 0 amide bonds. The second kappa shape index (κ2) is 4.88. The highest BCUT2D eigenvalue weighted by atomic mass is 16.5. The van der Waals surface area contributed by atoms with Crippen LogP contribution >= 0.6 is 0 Å². The van der Waals surface area contributed by atoms with Crippen LogP contribution in [-0.2, 0) is 4.74 Å². The fourth-order valence-electron chi connectivity index (χ4n) is 1.99. The number of H-pyrrole nitrogens is 1. The van der Waals surface area contributed by atoms with Crippen LogP contribution < -0.4 is 0 Å². The molecule has 2 saturated heterocycles. The topological polar surface area (TPSA) is 45.3 Å². The molecule has 0 saturated carbocycles. The van der Waals surface area contributed by atoms with Gasteiger partial charge in [0.25, 0.3) is 0 Å². The minimum atomic E-state index is -4.18. The second-order valence-corrected chi connectivity index (χ2v) is 4.27. The van der Waals surface area contributed by atoms with Crippen molar-refractivity contribution in [3.05, 3.63) is 36.0 Å². The fourth-order valence-corrected chi connectivity index (χ4v) is 1.99. The minimum absolute atomic E-state index is 0.0214. The summed E-state index contributed by atoms with van der Waals surface area (Å²) in [6, 6.07) is -6.65. The number of hydrogen-bond acceptors (Lipinski definition) is 3. The smallest absolute Gasteiger partial charge is 0.340 e. The molecule has 21 heavy (non-hydrogen) atoms. The van der Waals surface area contributed by atoms with Crippen molar-refractivity contribution in [3.8, 4) is 0 Å². The van der Waals surface area contributed by atoms with Crippen molar-refractivity contribution in [2.24, 2.45) is 0 Å². The van der Waals surface area contributed by atoms with Crippen LogP contribution in [0.5, 0.6) is 0 Å². The molecule has 110 valence electrons. The molecule has 0 aliphatic carbocycles. The van der Waals surface area contributed by atoms with Crippen LogP contribution in [-0.4, -0.2) is 40.9 Å². The molecule has 3 heterocycles. The van der Waals surface area contributed by atoms with Gasteiger partial charge in [-0.15, -0.1) is 0 Å². The molecular formula is C17H20N2O2. The van der Waals surface area contributed by atoms with Gasteiger partial charge in [0.1, 0.15) is 6.08 Å². The zero-order valence-corrected chi connectivity index (χ0v) is 10.4. The van der Waals surface area contributed by atoms with Crippen LogP contribution in [0, 0.1) is 0 Å². The van der Waals surface area contributed by atoms with E-state index in [1.807, 2.05) is 0 Å². The average Bonchev–Trinajstić information content (AvgIpc) is 3.13. The average molecular weight is 301 g/mol. The molecule has 2 fully saturated rings. The Hall–Kier alpha value is -1.81. The Kier molecular flexibility index (Phi) is 0.961. The minimum Gasteiger partial charge on any atom is -0.459 e. The highest BCUT2D eigenvalue weighted by molar-refractivity contribution is 6.04. The standard InChI is InChI=1S/C17H20N2O2/c1-19-11-6-7-12(19)9-13(8-11)21-17(20)15-10-18-16-5-3-2-4-14(15)16/h2-5,10-13,18H,6-9H2,1H3/t11-,12+,13?/i1D3,2D,4D,6D2,7D2,8D2,9D2,10D,11D,12D,13D. The van der Waals surface area contributed by atoms with Crippen LogP contribution in [0.3, 0.4) is 0 Å². The molecule has 0 radical (unpaired) electrons. The number of carbonyl (C=O) groups is 1. The second-order valence-electron chi connectivity index (χ2n) is 4.27. The third kappa shape index (κ3) is 2.14. The number of ether oxygens (including phenoxy) is 1. The quantitative estimate of drug-likeness (QED) is 0.868. The van der Waals surface area contributed by atoms with Gasteiger partial charge in [-0.1, -0.05) is 18.2 Å². The molecule has 4 nitrogen and oxygen atoms in total. The SMILES string of the molecule is [2H]c1ccc2[nH]c([2H])c(C(=O)OC3([2H])C([2H])([2H])[C@]4([2H])N(C([2H])([2H])[2H])[C@]([2H])(C3([2H])[2H])C([2H])([2H])C4([2H])[2H])c2c1[2H]. The lowest BCUT2D eigenvalue weighted by molar-refractivity contribution is -0.000258. The van der Waals surface area contributed by atoms with Crippen LogP contribution in [0.15, 0.2) is 30.4 Å². The van der Waals surface area contributed by atoms with Crippen LogP contribution in [0.4, 0.5) is 0 Å². The number of aromatic nitrogens is 1. The highest BCUT2D eigenvalue weighted by Crippen LogP contribution is 2.35. The zero-order chi connectivity index (χ0) is 29.4. The summed E-state index contributed by atoms with van der Waals surface area (Å²) >= 11 is 0. The molecule has 1 unspecified atom stereocenters. The van der Waals surface area contributed by atoms with Gasteiger partial charge in [0.05, 0.1) is 11.0 Å². The zero-order valence-electron chi connectivity index (χ0n) is 27.4. The number of hydrogen-bond donors (Lipinski definition) is 1. The van der Waals surface area contributed by atoms with Crippen molar-refractivity contribution >= 4 is 16.9 Å². The number of carbonyl (C=O) groups excluding carboxylic acids is 1. The summed E-state index contributed by atoms with van der Waals surface area (Å²) in [6.07, 6.45) is -21.2. The maximum absolute atomic E-state index is 13.3. The summed E-state index contributed by atoms with van der Waals surface area (Å²) in [5.41, 5.74) is -0.862. The van der Waals surface area contributed by atoms with E-state index in [2.05, 4.69) is 4.98 Å². The Labute approximate surface area is 148 Å². The lowest BCUT2D eigenvalue weighted by Crippen LogP contribution is -2.43. The van der Waals surface area contributed by atoms with Crippen molar-refractivity contribution in [1.82, 2.24) is 9.88 Å². The van der Waals surface area contributed by atoms with Gasteiger partial charge in [-0.2, -0.15) is 0 Å². The van der Waals surface area contributed by atoms with E-state index >= 15 is 0 Å². The van der Waals surface area contributed by atoms with Crippen LogP contribution in [0.25, 0.3) is 10.9 Å². The van der Waals surface area contributed by atoms with Gasteiger partial charge in [0.15, 0.2) is 0 Å². The number of nitrogens with zero attached hydrogens (tertiary/aromatic N) is 1. The van der Waals surface area contributed by atoms with Crippen LogP contribution in [0.2, 0.25) is 0 Å². The third-order valence-electron chi connectivity index (χ3n) is 2.98. The Morgan fingerprint density at radius 2 is 2.38 bits per heavy atom. The van der Waals surface area contributed by atoms with E-state index in [1.165, 1.54) is 12.1 Å². The van der Waals surface area contributed by atoms with Gasteiger partial charge in [-0.3, -0.25) is 0 Å². The van der Waals surface area contributed by atoms with Crippen molar-refractivity contribution in [2.45, 2.75) is 43.6 Å². The Bertz CT molecular complexity index is 1330. The molecule has 2 aliphatic heterocycles. The van der Waals surface area contributed by atoms with Gasteiger partial charge in [0.2, 0.25) is 0 Å². The van der Waals surface area contributed by atoms with Gasteiger partial charge in [-0.05, 0) is 25.8 Å². The first kappa shape index (κ1) is 4.13. The van der Waals surface area contributed by atoms with E-state index in [9.17, 15) is 4.79 Å². The monoisotopic (exact) mass is 301 g/mol. The molecule has 0 spiro atoms. The van der Waals surface area contributed by atoms with Crippen LogP contribution in [0.1, 0.15) is 59.2 Å². The number of nitrogens with one attached hydrogen (secondary N) is 1. The maximum atomic E-state index is 13.3. The molecule has 2 aliphatic rings. The number of para-hydroxylation sites is 1. The predicted molar refractivity (Wildman–Crippen MR) is 81.3 cm³/mol. The van der Waals surface area contributed by atoms with Gasteiger partial charge >= 0.3 is 5.97 Å². The fraction of sp³-hybridized carbons (Fsp3) is 0.471. The summed E-state index contributed by atoms with van der Waals surface area (Å²) in [4.78, 5) is 15.1. The Morgan fingerprint density at radius 1 is 1.57 bits per heavy atom. The van der Waals surface area contributed by atoms with Crippen molar-refractivity contribution < 1.29 is 32.8 Å². The number of rotatable bonds is 2. The Balaban J connectivity index is 2.02. The van der Waals surface area contributed by atoms with E-state index < -0.39 is 85.3 Å². The molecule has 4 rings (SSSR count). The molecular weight excluding hydrogens is 264 g/mol. The van der Waals surface area contributed by atoms with E-state index in [0.29, 0.717) is 0 Å². The summed E-state index contributed by atoms with van der Waals surface area (Å²) < 4.78 is 145. The number of esters is 1. The summed E-state index contributed by atoms with van der Waals surface area (Å²) in [5.74, 6) is -1.84. The van der Waals surface area contributed by atoms with E-state index in [0.717, 1.165) is 0 Å². The van der Waals surface area contributed by atoms with Gasteiger partial charge < -0.3 is 14.6 Å². The molecule has 1 N–H and O–H groups in total. The number of aromatic amines is 1. The first-order chi connectivity index (χ1) is 16.8. The molecule has 1 aromatic heterocycles. The molecule has 3 atom stereocenters. The molecule has 1 aromatic carbocycles. The number of piperidine rings is 1. The molecule has 2 bridgehead atoms. The Morgan fingerprint density at radius 3 is 3.14 bits per heavy atom.